The zero-order valence-corrected chi connectivity index (χ0v) is 17.0. The molecule has 6 nitrogen and oxygen atoms in total. The van der Waals surface area contributed by atoms with Gasteiger partial charge in [-0.05, 0) is 26.7 Å². The minimum Gasteiger partial charge on any atom is -0.379 e. The number of aryl methyl sites for hydroxylation is 1. The third-order valence-corrected chi connectivity index (χ3v) is 4.34. The minimum absolute atomic E-state index is 0. The highest BCUT2D eigenvalue weighted by Crippen LogP contribution is 2.12. The maximum Gasteiger partial charge on any atom is 0.191 e. The molecule has 23 heavy (non-hydrogen) atoms. The van der Waals surface area contributed by atoms with Crippen molar-refractivity contribution in [1.82, 2.24) is 15.6 Å². The first-order chi connectivity index (χ1) is 10.8. The van der Waals surface area contributed by atoms with Crippen molar-refractivity contribution in [3.8, 4) is 0 Å². The molecule has 2 rings (SSSR count). The lowest BCUT2D eigenvalue weighted by Gasteiger charge is -2.12. The predicted octanol–water partition coefficient (Wildman–Crippen LogP) is 2.32. The van der Waals surface area contributed by atoms with Gasteiger partial charge < -0.3 is 20.1 Å². The van der Waals surface area contributed by atoms with E-state index in [-0.39, 0.29) is 30.1 Å². The molecule has 1 fully saturated rings. The molecule has 0 radical (unpaired) electrons. The van der Waals surface area contributed by atoms with E-state index in [2.05, 4.69) is 27.5 Å². The van der Waals surface area contributed by atoms with Crippen molar-refractivity contribution in [2.75, 3.05) is 32.9 Å². The maximum atomic E-state index is 5.75. The Hall–Kier alpha value is -0.450. The fraction of sp³-hybridized carbons (Fsp3) is 0.733. The number of guanidine groups is 1. The summed E-state index contributed by atoms with van der Waals surface area (Å²) in [5.41, 5.74) is 2.93. The van der Waals surface area contributed by atoms with Crippen LogP contribution in [0.3, 0.4) is 0 Å². The third kappa shape index (κ3) is 7.77. The molecule has 1 aromatic rings. The average molecular weight is 454 g/mol. The number of aromatic nitrogens is 1. The zero-order chi connectivity index (χ0) is 15.6. The van der Waals surface area contributed by atoms with E-state index in [0.29, 0.717) is 6.54 Å². The topological polar surface area (TPSA) is 67.8 Å². The van der Waals surface area contributed by atoms with Crippen LogP contribution in [-0.2, 0) is 16.0 Å². The second-order valence-corrected chi connectivity index (χ2v) is 6.13. The van der Waals surface area contributed by atoms with Crippen LogP contribution in [-0.4, -0.2) is 50.0 Å². The van der Waals surface area contributed by atoms with Crippen molar-refractivity contribution in [1.29, 1.82) is 0 Å². The number of hydrogen-bond acceptors (Lipinski definition) is 5. The van der Waals surface area contributed by atoms with Crippen LogP contribution in [0.2, 0.25) is 0 Å². The smallest absolute Gasteiger partial charge is 0.191 e. The monoisotopic (exact) mass is 454 g/mol. The van der Waals surface area contributed by atoms with Gasteiger partial charge >= 0.3 is 0 Å². The molecule has 0 spiro atoms. The molecule has 1 saturated heterocycles. The second kappa shape index (κ2) is 12.0. The van der Waals surface area contributed by atoms with Gasteiger partial charge in [-0.1, -0.05) is 0 Å². The highest BCUT2D eigenvalue weighted by molar-refractivity contribution is 14.0. The van der Waals surface area contributed by atoms with Crippen molar-refractivity contribution in [2.24, 2.45) is 4.99 Å². The largest absolute Gasteiger partial charge is 0.379 e. The van der Waals surface area contributed by atoms with E-state index in [1.165, 1.54) is 4.88 Å². The van der Waals surface area contributed by atoms with Crippen LogP contribution in [0, 0.1) is 6.92 Å². The fourth-order valence-electron chi connectivity index (χ4n) is 2.14. The average Bonchev–Trinajstić information content (AvgIpc) is 3.16. The lowest BCUT2D eigenvalue weighted by Crippen LogP contribution is -2.38. The van der Waals surface area contributed by atoms with E-state index in [1.54, 1.807) is 11.3 Å². The number of nitrogens with one attached hydrogen (secondary N) is 2. The minimum atomic E-state index is 0. The molecule has 1 aromatic heterocycles. The van der Waals surface area contributed by atoms with Crippen molar-refractivity contribution < 1.29 is 9.47 Å². The number of aliphatic imine (C=N–C) groups is 1. The van der Waals surface area contributed by atoms with E-state index in [4.69, 9.17) is 9.47 Å². The highest BCUT2D eigenvalue weighted by atomic mass is 127. The van der Waals surface area contributed by atoms with Crippen molar-refractivity contribution >= 4 is 41.3 Å². The molecular formula is C15H27IN4O2S. The summed E-state index contributed by atoms with van der Waals surface area (Å²) in [6.45, 7) is 8.79. The van der Waals surface area contributed by atoms with Gasteiger partial charge in [0.2, 0.25) is 0 Å². The van der Waals surface area contributed by atoms with Crippen LogP contribution in [0.5, 0.6) is 0 Å². The van der Waals surface area contributed by atoms with E-state index in [9.17, 15) is 0 Å². The van der Waals surface area contributed by atoms with Crippen LogP contribution in [0.1, 0.15) is 30.3 Å². The summed E-state index contributed by atoms with van der Waals surface area (Å²) in [4.78, 5) is 10.1. The summed E-state index contributed by atoms with van der Waals surface area (Å²) in [5.74, 6) is 0.847. The van der Waals surface area contributed by atoms with Crippen molar-refractivity contribution in [3.05, 3.63) is 16.1 Å². The molecular weight excluding hydrogens is 427 g/mol. The molecule has 0 aliphatic carbocycles. The molecule has 8 heteroatoms. The third-order valence-electron chi connectivity index (χ3n) is 3.42. The number of thiazole rings is 1. The Morgan fingerprint density at radius 3 is 3.04 bits per heavy atom. The van der Waals surface area contributed by atoms with E-state index >= 15 is 0 Å². The Labute approximate surface area is 159 Å². The molecule has 1 aliphatic rings. The van der Waals surface area contributed by atoms with Crippen LogP contribution >= 0.6 is 35.3 Å². The van der Waals surface area contributed by atoms with Crippen molar-refractivity contribution in [2.45, 2.75) is 39.3 Å². The van der Waals surface area contributed by atoms with Gasteiger partial charge in [0.1, 0.15) is 0 Å². The van der Waals surface area contributed by atoms with Crippen LogP contribution in [0.15, 0.2) is 10.5 Å². The molecule has 0 saturated carbocycles. The van der Waals surface area contributed by atoms with Gasteiger partial charge in [-0.2, -0.15) is 0 Å². The van der Waals surface area contributed by atoms with E-state index < -0.39 is 0 Å². The van der Waals surface area contributed by atoms with Crippen LogP contribution in [0.4, 0.5) is 0 Å². The Morgan fingerprint density at radius 1 is 1.52 bits per heavy atom. The van der Waals surface area contributed by atoms with Gasteiger partial charge in [0, 0.05) is 31.2 Å². The predicted molar refractivity (Wildman–Crippen MR) is 105 cm³/mol. The molecule has 0 amide bonds. The Kier molecular flexibility index (Phi) is 10.7. The number of rotatable bonds is 8. The first-order valence-corrected chi connectivity index (χ1v) is 8.78. The number of halogens is 1. The summed E-state index contributed by atoms with van der Waals surface area (Å²) in [6, 6.07) is 0. The second-order valence-electron chi connectivity index (χ2n) is 5.19. The quantitative estimate of drug-likeness (QED) is 0.273. The summed E-state index contributed by atoms with van der Waals surface area (Å²) in [6.07, 6.45) is 2.27. The summed E-state index contributed by atoms with van der Waals surface area (Å²) < 4.78 is 11.0. The number of ether oxygens (including phenoxy) is 2. The van der Waals surface area contributed by atoms with Gasteiger partial charge in [-0.3, -0.25) is 0 Å². The maximum absolute atomic E-state index is 5.75. The molecule has 1 atom stereocenters. The molecule has 132 valence electrons. The molecule has 2 N–H and O–H groups in total. The SMILES string of the molecule is CCNC(=NCc1scnc1C)NCCCOC1CCOC1.I. The van der Waals surface area contributed by atoms with Crippen LogP contribution in [0.25, 0.3) is 0 Å². The molecule has 1 aliphatic heterocycles. The van der Waals surface area contributed by atoms with E-state index in [0.717, 1.165) is 57.4 Å². The lowest BCUT2D eigenvalue weighted by molar-refractivity contribution is 0.0420. The lowest BCUT2D eigenvalue weighted by atomic mass is 10.3. The fourth-order valence-corrected chi connectivity index (χ4v) is 2.84. The van der Waals surface area contributed by atoms with E-state index in [1.807, 2.05) is 12.4 Å². The zero-order valence-electron chi connectivity index (χ0n) is 13.8. The van der Waals surface area contributed by atoms with Crippen molar-refractivity contribution in [3.63, 3.8) is 0 Å². The number of nitrogens with zero attached hydrogens (tertiary/aromatic N) is 2. The number of hydrogen-bond donors (Lipinski definition) is 2. The highest BCUT2D eigenvalue weighted by Gasteiger charge is 2.15. The standard InChI is InChI=1S/C15H26N4O2S.HI/c1-3-16-15(18-9-14-12(2)19-11-22-14)17-6-4-7-21-13-5-8-20-10-13;/h11,13H,3-10H2,1-2H3,(H2,16,17,18);1H. The normalized spacial score (nSPS) is 17.8. The van der Waals surface area contributed by atoms with Gasteiger partial charge in [0.05, 0.1) is 30.5 Å². The molecule has 1 unspecified atom stereocenters. The summed E-state index contributed by atoms with van der Waals surface area (Å²) in [5, 5.41) is 6.60. The Bertz CT molecular complexity index is 464. The Balaban J connectivity index is 0.00000264. The first kappa shape index (κ1) is 20.6. The Morgan fingerprint density at radius 2 is 2.39 bits per heavy atom. The summed E-state index contributed by atoms with van der Waals surface area (Å²) in [7, 11) is 0. The van der Waals surface area contributed by atoms with Gasteiger partial charge in [0.25, 0.3) is 0 Å². The first-order valence-electron chi connectivity index (χ1n) is 7.90. The summed E-state index contributed by atoms with van der Waals surface area (Å²) >= 11 is 1.65. The van der Waals surface area contributed by atoms with Gasteiger partial charge in [-0.25, -0.2) is 9.98 Å². The molecule has 0 bridgehead atoms. The molecule has 0 aromatic carbocycles. The van der Waals surface area contributed by atoms with Gasteiger partial charge in [-0.15, -0.1) is 35.3 Å². The molecule has 2 heterocycles. The van der Waals surface area contributed by atoms with Crippen LogP contribution < -0.4 is 10.6 Å². The van der Waals surface area contributed by atoms with Gasteiger partial charge in [0.15, 0.2) is 5.96 Å².